The van der Waals surface area contributed by atoms with E-state index in [1.54, 1.807) is 22.7 Å². The molecule has 0 saturated carbocycles. The maximum atomic E-state index is 12.6. The number of benzene rings is 1. The van der Waals surface area contributed by atoms with Crippen LogP contribution in [0.25, 0.3) is 20.8 Å². The third-order valence-corrected chi connectivity index (χ3v) is 7.72. The number of fused-ring (bicyclic) bond motifs is 1. The molecule has 0 unspecified atom stereocenters. The summed E-state index contributed by atoms with van der Waals surface area (Å²) in [5.41, 5.74) is 3.20. The molecule has 3 heterocycles. The first kappa shape index (κ1) is 16.9. The average molecular weight is 449 g/mol. The number of nitrogens with one attached hydrogen (secondary N) is 1. The number of halogens is 1. The zero-order valence-corrected chi connectivity index (χ0v) is 17.5. The number of aryl methyl sites for hydroxylation is 1. The van der Waals surface area contributed by atoms with Crippen molar-refractivity contribution >= 4 is 71.1 Å². The van der Waals surface area contributed by atoms with Crippen molar-refractivity contribution in [3.8, 4) is 10.6 Å². The fourth-order valence-electron chi connectivity index (χ4n) is 2.55. The van der Waals surface area contributed by atoms with Gasteiger partial charge in [-0.25, -0.2) is 4.98 Å². The fourth-order valence-corrected chi connectivity index (χ4v) is 6.03. The maximum absolute atomic E-state index is 12.6. The SMILES string of the molecule is Cc1sc(NC(=O)c2ccc(Br)s2)c(-c2nc3ccccc3s2)c1C. The Morgan fingerprint density at radius 3 is 2.60 bits per heavy atom. The van der Waals surface area contributed by atoms with Gasteiger partial charge in [0.1, 0.15) is 10.0 Å². The molecule has 4 rings (SSSR count). The first-order chi connectivity index (χ1) is 12.0. The standard InChI is InChI=1S/C18H13BrN2OS3/c1-9-10(2)23-18(21-16(22)13-7-8-14(19)24-13)15(9)17-20-11-5-3-4-6-12(11)25-17/h3-8H,1-2H3,(H,21,22). The number of nitrogens with zero attached hydrogens (tertiary/aromatic N) is 1. The molecule has 4 aromatic rings. The van der Waals surface area contributed by atoms with Crippen molar-refractivity contribution in [2.45, 2.75) is 13.8 Å². The molecule has 3 nitrogen and oxygen atoms in total. The zero-order chi connectivity index (χ0) is 17.6. The van der Waals surface area contributed by atoms with Gasteiger partial charge in [-0.1, -0.05) is 12.1 Å². The highest BCUT2D eigenvalue weighted by Crippen LogP contribution is 2.43. The number of rotatable bonds is 3. The summed E-state index contributed by atoms with van der Waals surface area (Å²) in [5.74, 6) is -0.0840. The Kier molecular flexibility index (Phi) is 4.49. The summed E-state index contributed by atoms with van der Waals surface area (Å²) in [6, 6.07) is 11.8. The second-order valence-corrected chi connectivity index (χ2v) is 10.3. The summed E-state index contributed by atoms with van der Waals surface area (Å²) in [4.78, 5) is 19.2. The lowest BCUT2D eigenvalue weighted by molar-refractivity contribution is 0.103. The highest BCUT2D eigenvalue weighted by atomic mass is 79.9. The van der Waals surface area contributed by atoms with E-state index in [0.717, 1.165) is 29.6 Å². The Hall–Kier alpha value is -1.54. The first-order valence-electron chi connectivity index (χ1n) is 7.55. The van der Waals surface area contributed by atoms with E-state index >= 15 is 0 Å². The van der Waals surface area contributed by atoms with Gasteiger partial charge in [0.2, 0.25) is 0 Å². The van der Waals surface area contributed by atoms with Gasteiger partial charge < -0.3 is 5.32 Å². The van der Waals surface area contributed by atoms with Gasteiger partial charge >= 0.3 is 0 Å². The molecule has 0 saturated heterocycles. The Morgan fingerprint density at radius 1 is 1.08 bits per heavy atom. The van der Waals surface area contributed by atoms with Crippen molar-refractivity contribution in [3.63, 3.8) is 0 Å². The molecule has 7 heteroatoms. The van der Waals surface area contributed by atoms with E-state index in [1.807, 2.05) is 30.3 Å². The van der Waals surface area contributed by atoms with Gasteiger partial charge in [-0.15, -0.1) is 34.0 Å². The molecule has 25 heavy (non-hydrogen) atoms. The number of thiophene rings is 2. The van der Waals surface area contributed by atoms with Crippen molar-refractivity contribution in [3.05, 3.63) is 55.5 Å². The van der Waals surface area contributed by atoms with Crippen LogP contribution in [0.4, 0.5) is 5.00 Å². The third kappa shape index (κ3) is 3.17. The molecule has 0 aliphatic carbocycles. The number of amides is 1. The van der Waals surface area contributed by atoms with Crippen LogP contribution in [-0.2, 0) is 0 Å². The molecule has 126 valence electrons. The molecule has 3 aromatic heterocycles. The van der Waals surface area contributed by atoms with E-state index in [1.165, 1.54) is 21.8 Å². The van der Waals surface area contributed by atoms with Gasteiger partial charge in [-0.3, -0.25) is 4.79 Å². The second-order valence-electron chi connectivity index (χ2n) is 5.53. The number of thiazole rings is 1. The third-order valence-electron chi connectivity index (χ3n) is 3.92. The van der Waals surface area contributed by atoms with Crippen LogP contribution in [0.15, 0.2) is 40.2 Å². The molecular formula is C18H13BrN2OS3. The largest absolute Gasteiger partial charge is 0.312 e. The average Bonchev–Trinajstić information content (AvgIpc) is 3.26. The Bertz CT molecular complexity index is 1060. The summed E-state index contributed by atoms with van der Waals surface area (Å²) < 4.78 is 2.10. The molecule has 0 fully saturated rings. The smallest absolute Gasteiger partial charge is 0.266 e. The molecule has 1 N–H and O–H groups in total. The molecule has 0 aliphatic rings. The summed E-state index contributed by atoms with van der Waals surface area (Å²) in [6.07, 6.45) is 0. The first-order valence-corrected chi connectivity index (χ1v) is 10.8. The predicted molar refractivity (Wildman–Crippen MR) is 112 cm³/mol. The number of hydrogen-bond donors (Lipinski definition) is 1. The number of anilines is 1. The minimum atomic E-state index is -0.0840. The number of para-hydroxylation sites is 1. The van der Waals surface area contributed by atoms with Gasteiger partial charge in [0.25, 0.3) is 5.91 Å². The van der Waals surface area contributed by atoms with Crippen LogP contribution in [0.3, 0.4) is 0 Å². The highest BCUT2D eigenvalue weighted by Gasteiger charge is 2.20. The van der Waals surface area contributed by atoms with Crippen LogP contribution < -0.4 is 5.32 Å². The van der Waals surface area contributed by atoms with Gasteiger partial charge in [0.05, 0.1) is 18.9 Å². The zero-order valence-electron chi connectivity index (χ0n) is 13.4. The van der Waals surface area contributed by atoms with Crippen LogP contribution in [0, 0.1) is 13.8 Å². The Morgan fingerprint density at radius 2 is 1.88 bits per heavy atom. The minimum absolute atomic E-state index is 0.0840. The van der Waals surface area contributed by atoms with Crippen LogP contribution in [0.1, 0.15) is 20.1 Å². The van der Waals surface area contributed by atoms with E-state index in [2.05, 4.69) is 41.2 Å². The number of hydrogen-bond acceptors (Lipinski definition) is 5. The Labute approximate surface area is 165 Å². The van der Waals surface area contributed by atoms with Gasteiger partial charge in [-0.05, 0) is 59.6 Å². The van der Waals surface area contributed by atoms with Crippen LogP contribution in [-0.4, -0.2) is 10.9 Å². The van der Waals surface area contributed by atoms with Crippen LogP contribution in [0.2, 0.25) is 0 Å². The van der Waals surface area contributed by atoms with E-state index in [4.69, 9.17) is 4.98 Å². The van der Waals surface area contributed by atoms with Crippen molar-refractivity contribution in [1.82, 2.24) is 4.98 Å². The summed E-state index contributed by atoms with van der Waals surface area (Å²) in [7, 11) is 0. The molecule has 1 amide bonds. The quantitative estimate of drug-likeness (QED) is 0.377. The topological polar surface area (TPSA) is 42.0 Å². The normalized spacial score (nSPS) is 11.2. The van der Waals surface area contributed by atoms with E-state index in [9.17, 15) is 4.79 Å². The van der Waals surface area contributed by atoms with Crippen LogP contribution in [0.5, 0.6) is 0 Å². The van der Waals surface area contributed by atoms with E-state index < -0.39 is 0 Å². The van der Waals surface area contributed by atoms with Crippen molar-refractivity contribution in [2.75, 3.05) is 5.32 Å². The molecule has 0 spiro atoms. The molecule has 0 aliphatic heterocycles. The van der Waals surface area contributed by atoms with Gasteiger partial charge in [0.15, 0.2) is 0 Å². The van der Waals surface area contributed by atoms with Gasteiger partial charge in [0, 0.05) is 10.4 Å². The lowest BCUT2D eigenvalue weighted by Gasteiger charge is -2.04. The van der Waals surface area contributed by atoms with E-state index in [-0.39, 0.29) is 5.91 Å². The van der Waals surface area contributed by atoms with Crippen LogP contribution >= 0.6 is 49.9 Å². The molecule has 0 bridgehead atoms. The molecule has 1 aromatic carbocycles. The monoisotopic (exact) mass is 448 g/mol. The molecule has 0 radical (unpaired) electrons. The number of carbonyl (C=O) groups is 1. The molecule has 0 atom stereocenters. The summed E-state index contributed by atoms with van der Waals surface area (Å²) in [5, 5.41) is 4.89. The Balaban J connectivity index is 1.76. The fraction of sp³-hybridized carbons (Fsp3) is 0.111. The summed E-state index contributed by atoms with van der Waals surface area (Å²) >= 11 is 8.09. The lowest BCUT2D eigenvalue weighted by Crippen LogP contribution is -2.09. The number of aromatic nitrogens is 1. The highest BCUT2D eigenvalue weighted by molar-refractivity contribution is 9.11. The van der Waals surface area contributed by atoms with Crippen molar-refractivity contribution in [1.29, 1.82) is 0 Å². The lowest BCUT2D eigenvalue weighted by atomic mass is 10.1. The van der Waals surface area contributed by atoms with Crippen molar-refractivity contribution < 1.29 is 4.79 Å². The van der Waals surface area contributed by atoms with E-state index in [0.29, 0.717) is 4.88 Å². The second kappa shape index (κ2) is 6.64. The predicted octanol–water partition coefficient (Wildman–Crippen LogP) is 6.72. The van der Waals surface area contributed by atoms with Gasteiger partial charge in [-0.2, -0.15) is 0 Å². The minimum Gasteiger partial charge on any atom is -0.312 e. The maximum Gasteiger partial charge on any atom is 0.266 e. The summed E-state index contributed by atoms with van der Waals surface area (Å²) in [6.45, 7) is 4.17. The van der Waals surface area contributed by atoms with Crippen molar-refractivity contribution in [2.24, 2.45) is 0 Å². The molecular weight excluding hydrogens is 436 g/mol. The number of carbonyl (C=O) groups excluding carboxylic acids is 1.